The summed E-state index contributed by atoms with van der Waals surface area (Å²) in [6, 6.07) is 8.12. The lowest BCUT2D eigenvalue weighted by molar-refractivity contribution is -0.384. The van der Waals surface area contributed by atoms with E-state index in [9.17, 15) is 15.2 Å². The fourth-order valence-electron chi connectivity index (χ4n) is 2.10. The van der Waals surface area contributed by atoms with E-state index >= 15 is 0 Å². The molecule has 0 bridgehead atoms. The second kappa shape index (κ2) is 7.31. The number of benzene rings is 1. The quantitative estimate of drug-likeness (QED) is 0.609. The molecule has 0 radical (unpaired) electrons. The van der Waals surface area contributed by atoms with Crippen molar-refractivity contribution in [2.75, 3.05) is 6.54 Å². The summed E-state index contributed by atoms with van der Waals surface area (Å²) < 4.78 is 0. The highest BCUT2D eigenvalue weighted by Gasteiger charge is 2.10. The number of thiophene rings is 1. The number of non-ortho nitro benzene ring substituents is 1. The van der Waals surface area contributed by atoms with E-state index in [1.54, 1.807) is 23.5 Å². The van der Waals surface area contributed by atoms with Gasteiger partial charge in [0.25, 0.3) is 5.69 Å². The molecule has 1 aromatic heterocycles. The summed E-state index contributed by atoms with van der Waals surface area (Å²) in [6.07, 6.45) is 0.335. The van der Waals surface area contributed by atoms with Crippen LogP contribution >= 0.6 is 11.3 Å². The van der Waals surface area contributed by atoms with E-state index in [1.807, 2.05) is 0 Å². The minimum absolute atomic E-state index is 0.0325. The maximum atomic E-state index is 10.6. The maximum absolute atomic E-state index is 10.6. The average molecular weight is 306 g/mol. The number of nitrogens with zero attached hydrogens (tertiary/aromatic N) is 1. The molecule has 0 saturated carbocycles. The molecule has 1 atom stereocenters. The number of hydrogen-bond donors (Lipinski definition) is 2. The third kappa shape index (κ3) is 4.10. The van der Waals surface area contributed by atoms with Gasteiger partial charge in [-0.05, 0) is 41.1 Å². The SMILES string of the molecule is CCc1ccsc1CNCC(O)c1ccc([N+](=O)[O-])cc1. The molecule has 0 fully saturated rings. The van der Waals surface area contributed by atoms with Gasteiger partial charge < -0.3 is 10.4 Å². The molecule has 0 aliphatic heterocycles. The van der Waals surface area contributed by atoms with Crippen molar-refractivity contribution in [3.8, 4) is 0 Å². The van der Waals surface area contributed by atoms with Crippen LogP contribution < -0.4 is 5.32 Å². The van der Waals surface area contributed by atoms with Gasteiger partial charge in [-0.25, -0.2) is 0 Å². The Hall–Kier alpha value is -1.76. The number of aliphatic hydroxyl groups is 1. The van der Waals surface area contributed by atoms with Gasteiger partial charge in [-0.1, -0.05) is 6.92 Å². The Morgan fingerprint density at radius 2 is 2.05 bits per heavy atom. The monoisotopic (exact) mass is 306 g/mol. The van der Waals surface area contributed by atoms with Crippen molar-refractivity contribution < 1.29 is 10.0 Å². The zero-order valence-corrected chi connectivity index (χ0v) is 12.6. The van der Waals surface area contributed by atoms with Crippen LogP contribution in [0.25, 0.3) is 0 Å². The highest BCUT2D eigenvalue weighted by molar-refractivity contribution is 7.10. The van der Waals surface area contributed by atoms with E-state index in [2.05, 4.69) is 23.7 Å². The molecule has 0 saturated heterocycles. The summed E-state index contributed by atoms with van der Waals surface area (Å²) >= 11 is 1.71. The molecule has 112 valence electrons. The van der Waals surface area contributed by atoms with Gasteiger partial charge in [0.1, 0.15) is 0 Å². The standard InChI is InChI=1S/C15H18N2O3S/c1-2-11-7-8-21-15(11)10-16-9-14(18)12-3-5-13(6-4-12)17(19)20/h3-8,14,16,18H,2,9-10H2,1H3. The van der Waals surface area contributed by atoms with E-state index in [-0.39, 0.29) is 5.69 Å². The summed E-state index contributed by atoms with van der Waals surface area (Å²) in [5, 5.41) is 26.0. The first kappa shape index (κ1) is 15.6. The van der Waals surface area contributed by atoms with Crippen LogP contribution in [0.4, 0.5) is 5.69 Å². The number of aliphatic hydroxyl groups excluding tert-OH is 1. The third-order valence-corrected chi connectivity index (χ3v) is 4.29. The fourth-order valence-corrected chi connectivity index (χ4v) is 3.04. The van der Waals surface area contributed by atoms with E-state index in [4.69, 9.17) is 0 Å². The predicted octanol–water partition coefficient (Wildman–Crippen LogP) is 3.04. The van der Waals surface area contributed by atoms with Gasteiger partial charge in [0.05, 0.1) is 11.0 Å². The summed E-state index contributed by atoms with van der Waals surface area (Å²) in [6.45, 7) is 3.26. The van der Waals surface area contributed by atoms with Gasteiger partial charge in [0, 0.05) is 30.1 Å². The number of hydrogen-bond acceptors (Lipinski definition) is 5. The van der Waals surface area contributed by atoms with Gasteiger partial charge in [0.2, 0.25) is 0 Å². The van der Waals surface area contributed by atoms with Crippen LogP contribution in [0, 0.1) is 10.1 Å². The molecule has 0 aliphatic rings. The van der Waals surface area contributed by atoms with Crippen LogP contribution in [0.3, 0.4) is 0 Å². The van der Waals surface area contributed by atoms with E-state index < -0.39 is 11.0 Å². The topological polar surface area (TPSA) is 75.4 Å². The first-order valence-corrected chi connectivity index (χ1v) is 7.68. The van der Waals surface area contributed by atoms with Crippen LogP contribution in [-0.2, 0) is 13.0 Å². The van der Waals surface area contributed by atoms with Crippen molar-refractivity contribution in [1.82, 2.24) is 5.32 Å². The molecular weight excluding hydrogens is 288 g/mol. The summed E-state index contributed by atoms with van der Waals surface area (Å²) in [5.41, 5.74) is 2.04. The molecule has 0 amide bonds. The Morgan fingerprint density at radius 1 is 1.33 bits per heavy atom. The lowest BCUT2D eigenvalue weighted by Crippen LogP contribution is -2.21. The van der Waals surface area contributed by atoms with Crippen molar-refractivity contribution in [3.63, 3.8) is 0 Å². The van der Waals surface area contributed by atoms with Gasteiger partial charge >= 0.3 is 0 Å². The zero-order valence-electron chi connectivity index (χ0n) is 11.8. The Balaban J connectivity index is 1.87. The van der Waals surface area contributed by atoms with E-state index in [0.717, 1.165) is 13.0 Å². The first-order chi connectivity index (χ1) is 10.1. The molecule has 6 heteroatoms. The molecule has 1 aromatic carbocycles. The van der Waals surface area contributed by atoms with E-state index in [0.29, 0.717) is 12.1 Å². The molecule has 2 rings (SSSR count). The van der Waals surface area contributed by atoms with Crippen molar-refractivity contribution in [1.29, 1.82) is 0 Å². The molecule has 1 unspecified atom stereocenters. The molecule has 21 heavy (non-hydrogen) atoms. The Morgan fingerprint density at radius 3 is 2.67 bits per heavy atom. The molecule has 2 aromatic rings. The predicted molar refractivity (Wildman–Crippen MR) is 83.5 cm³/mol. The van der Waals surface area contributed by atoms with Crippen LogP contribution in [0.1, 0.15) is 29.0 Å². The normalized spacial score (nSPS) is 12.3. The van der Waals surface area contributed by atoms with Crippen LogP contribution in [0.15, 0.2) is 35.7 Å². The van der Waals surface area contributed by atoms with Gasteiger partial charge in [-0.15, -0.1) is 11.3 Å². The lowest BCUT2D eigenvalue weighted by atomic mass is 10.1. The maximum Gasteiger partial charge on any atom is 0.269 e. The van der Waals surface area contributed by atoms with Crippen LogP contribution in [0.5, 0.6) is 0 Å². The summed E-state index contributed by atoms with van der Waals surface area (Å²) in [5.74, 6) is 0. The molecule has 2 N–H and O–H groups in total. The molecule has 0 aliphatic carbocycles. The molecular formula is C15H18N2O3S. The minimum atomic E-state index is -0.671. The number of nitrogens with one attached hydrogen (secondary N) is 1. The zero-order chi connectivity index (χ0) is 15.2. The van der Waals surface area contributed by atoms with Gasteiger partial charge in [0.15, 0.2) is 0 Å². The summed E-state index contributed by atoms with van der Waals surface area (Å²) in [4.78, 5) is 11.4. The van der Waals surface area contributed by atoms with Crippen molar-refractivity contribution in [3.05, 3.63) is 61.8 Å². The Bertz CT molecular complexity index is 595. The molecule has 1 heterocycles. The van der Waals surface area contributed by atoms with Crippen LogP contribution in [0.2, 0.25) is 0 Å². The molecule has 5 nitrogen and oxygen atoms in total. The number of nitro benzene ring substituents is 1. The fraction of sp³-hybridized carbons (Fsp3) is 0.333. The average Bonchev–Trinajstić information content (AvgIpc) is 2.94. The number of nitro groups is 1. The Kier molecular flexibility index (Phi) is 5.44. The minimum Gasteiger partial charge on any atom is -0.387 e. The Labute approximate surface area is 127 Å². The first-order valence-electron chi connectivity index (χ1n) is 6.80. The van der Waals surface area contributed by atoms with E-state index in [1.165, 1.54) is 22.6 Å². The smallest absolute Gasteiger partial charge is 0.269 e. The third-order valence-electron chi connectivity index (χ3n) is 3.33. The largest absolute Gasteiger partial charge is 0.387 e. The van der Waals surface area contributed by atoms with Crippen molar-refractivity contribution >= 4 is 17.0 Å². The van der Waals surface area contributed by atoms with Crippen LogP contribution in [-0.4, -0.2) is 16.6 Å². The highest BCUT2D eigenvalue weighted by atomic mass is 32.1. The van der Waals surface area contributed by atoms with Gasteiger partial charge in [-0.3, -0.25) is 10.1 Å². The second-order valence-electron chi connectivity index (χ2n) is 4.72. The van der Waals surface area contributed by atoms with Crippen molar-refractivity contribution in [2.24, 2.45) is 0 Å². The number of aryl methyl sites for hydroxylation is 1. The molecule has 0 spiro atoms. The highest BCUT2D eigenvalue weighted by Crippen LogP contribution is 2.19. The summed E-state index contributed by atoms with van der Waals surface area (Å²) in [7, 11) is 0. The van der Waals surface area contributed by atoms with Gasteiger partial charge in [-0.2, -0.15) is 0 Å². The lowest BCUT2D eigenvalue weighted by Gasteiger charge is -2.12. The number of rotatable bonds is 7. The second-order valence-corrected chi connectivity index (χ2v) is 5.72. The van der Waals surface area contributed by atoms with Crippen molar-refractivity contribution in [2.45, 2.75) is 26.0 Å².